The standard InChI is InChI=1S/C14H25N3O3SSi/c1-14(2,3)22(4,5)19-8-10-9-21-13(20-10)17-7-6-11(15)16-12(17)18/h6-7,10,13H,8-9H2,1-5H3,(H2,15,16,18)/t10-,13+/m1/s1. The van der Waals surface area contributed by atoms with Gasteiger partial charge in [-0.15, -0.1) is 11.8 Å². The summed E-state index contributed by atoms with van der Waals surface area (Å²) in [6.07, 6.45) is 1.62. The minimum atomic E-state index is -1.78. The van der Waals surface area contributed by atoms with Gasteiger partial charge in [0.15, 0.2) is 13.9 Å². The van der Waals surface area contributed by atoms with Gasteiger partial charge in [-0.05, 0) is 24.2 Å². The van der Waals surface area contributed by atoms with E-state index in [2.05, 4.69) is 38.8 Å². The summed E-state index contributed by atoms with van der Waals surface area (Å²) in [5.74, 6) is 1.03. The molecule has 0 bridgehead atoms. The third kappa shape index (κ3) is 3.92. The van der Waals surface area contributed by atoms with Crippen molar-refractivity contribution in [3.63, 3.8) is 0 Å². The van der Waals surface area contributed by atoms with E-state index in [1.165, 1.54) is 4.57 Å². The Balaban J connectivity index is 1.95. The molecule has 0 saturated carbocycles. The fraction of sp³-hybridized carbons (Fsp3) is 0.714. The summed E-state index contributed by atoms with van der Waals surface area (Å²) in [5, 5.41) is 0.177. The summed E-state index contributed by atoms with van der Waals surface area (Å²) < 4.78 is 13.6. The molecule has 0 aromatic carbocycles. The molecule has 8 heteroatoms. The smallest absolute Gasteiger partial charge is 0.352 e. The highest BCUT2D eigenvalue weighted by Gasteiger charge is 2.38. The molecule has 2 rings (SSSR count). The Bertz CT molecular complexity index is 585. The molecule has 1 aliphatic rings. The van der Waals surface area contributed by atoms with Crippen LogP contribution < -0.4 is 11.4 Å². The Morgan fingerprint density at radius 2 is 2.23 bits per heavy atom. The van der Waals surface area contributed by atoms with Crippen LogP contribution in [0.25, 0.3) is 0 Å². The maximum absolute atomic E-state index is 11.8. The number of hydrogen-bond acceptors (Lipinski definition) is 6. The first-order valence-corrected chi connectivity index (χ1v) is 11.3. The van der Waals surface area contributed by atoms with Gasteiger partial charge < -0.3 is 14.9 Å². The van der Waals surface area contributed by atoms with Gasteiger partial charge >= 0.3 is 5.69 Å². The highest BCUT2D eigenvalue weighted by atomic mass is 32.2. The van der Waals surface area contributed by atoms with Crippen molar-refractivity contribution in [2.45, 2.75) is 50.6 Å². The van der Waals surface area contributed by atoms with Crippen molar-refractivity contribution >= 4 is 25.9 Å². The van der Waals surface area contributed by atoms with Crippen molar-refractivity contribution in [1.82, 2.24) is 9.55 Å². The topological polar surface area (TPSA) is 79.4 Å². The van der Waals surface area contributed by atoms with Crippen LogP contribution in [0.1, 0.15) is 26.3 Å². The van der Waals surface area contributed by atoms with Crippen molar-refractivity contribution in [2.24, 2.45) is 0 Å². The lowest BCUT2D eigenvalue weighted by Crippen LogP contribution is -2.43. The largest absolute Gasteiger partial charge is 0.414 e. The van der Waals surface area contributed by atoms with Gasteiger partial charge in [-0.3, -0.25) is 4.57 Å². The predicted octanol–water partition coefficient (Wildman–Crippen LogP) is 2.44. The Hall–Kier alpha value is -0.833. The molecule has 0 unspecified atom stereocenters. The fourth-order valence-electron chi connectivity index (χ4n) is 1.77. The van der Waals surface area contributed by atoms with E-state index in [4.69, 9.17) is 14.9 Å². The van der Waals surface area contributed by atoms with Crippen LogP contribution in [0.3, 0.4) is 0 Å². The van der Waals surface area contributed by atoms with Gasteiger partial charge in [-0.25, -0.2) is 4.79 Å². The second-order valence-electron chi connectivity index (χ2n) is 7.01. The molecule has 22 heavy (non-hydrogen) atoms. The average molecular weight is 344 g/mol. The molecular weight excluding hydrogens is 318 g/mol. The van der Waals surface area contributed by atoms with E-state index < -0.39 is 8.32 Å². The SMILES string of the molecule is CC(C)(C)[Si](C)(C)OC[C@@H]1CS[C@@H](n2ccc(N)nc2=O)O1. The Kier molecular flexibility index (Phi) is 5.05. The lowest BCUT2D eigenvalue weighted by atomic mass is 10.2. The number of anilines is 1. The summed E-state index contributed by atoms with van der Waals surface area (Å²) >= 11 is 1.58. The van der Waals surface area contributed by atoms with Crippen LogP contribution in [-0.4, -0.2) is 36.3 Å². The van der Waals surface area contributed by atoms with E-state index in [1.807, 2.05) is 0 Å². The number of aromatic nitrogens is 2. The quantitative estimate of drug-likeness (QED) is 0.846. The molecule has 1 fully saturated rings. The second kappa shape index (κ2) is 6.35. The Labute approximate surface area is 136 Å². The Morgan fingerprint density at radius 1 is 1.55 bits per heavy atom. The molecule has 0 amide bonds. The van der Waals surface area contributed by atoms with Crippen molar-refractivity contribution in [3.8, 4) is 0 Å². The van der Waals surface area contributed by atoms with Gasteiger partial charge in [-0.2, -0.15) is 4.98 Å². The monoisotopic (exact) mass is 343 g/mol. The molecule has 2 N–H and O–H groups in total. The number of thioether (sulfide) groups is 1. The minimum Gasteiger partial charge on any atom is -0.414 e. The van der Waals surface area contributed by atoms with Gasteiger partial charge in [0.05, 0.1) is 12.7 Å². The zero-order chi connectivity index (χ0) is 16.5. The van der Waals surface area contributed by atoms with E-state index in [9.17, 15) is 4.79 Å². The number of hydrogen-bond donors (Lipinski definition) is 1. The molecule has 2 atom stereocenters. The number of nitrogen functional groups attached to an aromatic ring is 1. The first kappa shape index (κ1) is 17.5. The van der Waals surface area contributed by atoms with Crippen LogP contribution in [0.15, 0.2) is 17.1 Å². The fourth-order valence-corrected chi connectivity index (χ4v) is 3.92. The molecule has 0 aliphatic carbocycles. The number of nitrogens with zero attached hydrogens (tertiary/aromatic N) is 2. The maximum atomic E-state index is 11.8. The average Bonchev–Trinajstić information content (AvgIpc) is 2.83. The van der Waals surface area contributed by atoms with Gasteiger partial charge in [0.25, 0.3) is 0 Å². The third-order valence-electron chi connectivity index (χ3n) is 4.25. The molecular formula is C14H25N3O3SSi. The van der Waals surface area contributed by atoms with Gasteiger partial charge in [-0.1, -0.05) is 20.8 Å². The summed E-state index contributed by atoms with van der Waals surface area (Å²) in [4.78, 5) is 15.6. The van der Waals surface area contributed by atoms with Crippen LogP contribution in [0.2, 0.25) is 18.1 Å². The van der Waals surface area contributed by atoms with Gasteiger partial charge in [0.1, 0.15) is 5.82 Å². The lowest BCUT2D eigenvalue weighted by Gasteiger charge is -2.36. The van der Waals surface area contributed by atoms with Crippen LogP contribution in [0.4, 0.5) is 5.82 Å². The number of rotatable bonds is 4. The van der Waals surface area contributed by atoms with Crippen LogP contribution >= 0.6 is 11.8 Å². The van der Waals surface area contributed by atoms with E-state index in [-0.39, 0.29) is 28.2 Å². The van der Waals surface area contributed by atoms with E-state index in [0.717, 1.165) is 5.75 Å². The second-order valence-corrected chi connectivity index (χ2v) is 12.9. The zero-order valence-electron chi connectivity index (χ0n) is 13.8. The van der Waals surface area contributed by atoms with Crippen LogP contribution in [0, 0.1) is 0 Å². The summed E-state index contributed by atoms with van der Waals surface area (Å²) in [5.41, 5.74) is 4.76. The molecule has 0 spiro atoms. The highest BCUT2D eigenvalue weighted by molar-refractivity contribution is 7.99. The molecule has 6 nitrogen and oxygen atoms in total. The molecule has 1 aliphatic heterocycles. The molecule has 1 aromatic rings. The zero-order valence-corrected chi connectivity index (χ0v) is 15.6. The first-order valence-electron chi connectivity index (χ1n) is 7.36. The molecule has 124 valence electrons. The van der Waals surface area contributed by atoms with Gasteiger partial charge in [0, 0.05) is 11.9 Å². The maximum Gasteiger partial charge on any atom is 0.352 e. The number of ether oxygens (including phenoxy) is 1. The third-order valence-corrected chi connectivity index (χ3v) is 9.94. The predicted molar refractivity (Wildman–Crippen MR) is 92.4 cm³/mol. The van der Waals surface area contributed by atoms with Gasteiger partial charge in [0.2, 0.25) is 0 Å². The first-order chi connectivity index (χ1) is 10.1. The van der Waals surface area contributed by atoms with Crippen LogP contribution in [-0.2, 0) is 9.16 Å². The van der Waals surface area contributed by atoms with Crippen molar-refractivity contribution in [3.05, 3.63) is 22.7 Å². The van der Waals surface area contributed by atoms with E-state index >= 15 is 0 Å². The van der Waals surface area contributed by atoms with Crippen molar-refractivity contribution in [2.75, 3.05) is 18.1 Å². The van der Waals surface area contributed by atoms with E-state index in [1.54, 1.807) is 24.0 Å². The summed E-state index contributed by atoms with van der Waals surface area (Å²) in [6, 6.07) is 1.60. The lowest BCUT2D eigenvalue weighted by molar-refractivity contribution is -0.000260. The molecule has 2 heterocycles. The van der Waals surface area contributed by atoms with Crippen molar-refractivity contribution in [1.29, 1.82) is 0 Å². The Morgan fingerprint density at radius 3 is 2.82 bits per heavy atom. The van der Waals surface area contributed by atoms with Crippen LogP contribution in [0.5, 0.6) is 0 Å². The normalized spacial score (nSPS) is 23.0. The minimum absolute atomic E-state index is 0.00595. The van der Waals surface area contributed by atoms with Crippen molar-refractivity contribution < 1.29 is 9.16 Å². The molecule has 1 saturated heterocycles. The molecule has 0 radical (unpaired) electrons. The summed E-state index contributed by atoms with van der Waals surface area (Å²) in [7, 11) is -1.78. The summed E-state index contributed by atoms with van der Waals surface area (Å²) in [6.45, 7) is 11.7. The highest BCUT2D eigenvalue weighted by Crippen LogP contribution is 2.38. The number of nitrogens with two attached hydrogens (primary N) is 1. The molecule has 1 aromatic heterocycles. The van der Waals surface area contributed by atoms with E-state index in [0.29, 0.717) is 6.61 Å².